The van der Waals surface area contributed by atoms with E-state index in [0.717, 1.165) is 12.2 Å². The van der Waals surface area contributed by atoms with E-state index in [1.807, 2.05) is 0 Å². The van der Waals surface area contributed by atoms with Crippen LogP contribution in [0.1, 0.15) is 22.3 Å². The van der Waals surface area contributed by atoms with Gasteiger partial charge in [-0.1, -0.05) is 23.2 Å². The van der Waals surface area contributed by atoms with Crippen LogP contribution in [0.4, 0.5) is 0 Å². The predicted molar refractivity (Wildman–Crippen MR) is 126 cm³/mol. The number of nitrogens with zero attached hydrogens (tertiary/aromatic N) is 4. The topological polar surface area (TPSA) is 83.5 Å². The number of allylic oxidation sites excluding steroid dienone is 2. The number of carbonyl (C=O) groups is 3. The molecule has 0 aliphatic rings. The van der Waals surface area contributed by atoms with Crippen LogP contribution in [0.2, 0.25) is 10.3 Å². The molecule has 168 valence electrons. The van der Waals surface area contributed by atoms with Crippen molar-refractivity contribution < 1.29 is 14.4 Å². The third kappa shape index (κ3) is 5.60. The summed E-state index contributed by atoms with van der Waals surface area (Å²) in [4.78, 5) is 49.3. The minimum atomic E-state index is -1.15. The first-order chi connectivity index (χ1) is 15.0. The predicted octanol–water partition coefficient (Wildman–Crippen LogP) is 3.61. The van der Waals surface area contributed by atoms with Crippen LogP contribution in [0.15, 0.2) is 36.7 Å². The molecule has 0 aliphatic carbocycles. The molecule has 0 bridgehead atoms. The first kappa shape index (κ1) is 25.2. The van der Waals surface area contributed by atoms with Crippen molar-refractivity contribution >= 4 is 51.9 Å². The highest BCUT2D eigenvalue weighted by Crippen LogP contribution is 2.26. The fourth-order valence-electron chi connectivity index (χ4n) is 2.97. The van der Waals surface area contributed by atoms with E-state index in [9.17, 15) is 14.4 Å². The molecule has 7 nitrogen and oxygen atoms in total. The number of ketones is 3. The van der Waals surface area contributed by atoms with Gasteiger partial charge in [-0.2, -0.15) is 0 Å². The Morgan fingerprint density at radius 3 is 1.41 bits per heavy atom. The molecule has 2 heterocycles. The lowest BCUT2D eigenvalue weighted by Gasteiger charge is -2.20. The van der Waals surface area contributed by atoms with Gasteiger partial charge in [0.15, 0.2) is 0 Å². The molecule has 9 heteroatoms. The molecule has 2 rings (SSSR count). The largest absolute Gasteiger partial charge is 0.377 e. The smallest absolute Gasteiger partial charge is 0.272 e. The van der Waals surface area contributed by atoms with Crippen LogP contribution >= 0.6 is 23.2 Å². The Labute approximate surface area is 197 Å². The second kappa shape index (κ2) is 10.5. The fraction of sp³-hybridized carbons (Fsp3) is 0.261. The summed E-state index contributed by atoms with van der Waals surface area (Å²) in [7, 11) is 6.89. The van der Waals surface area contributed by atoms with Gasteiger partial charge in [0, 0.05) is 75.3 Å². The second-order valence-corrected chi connectivity index (χ2v) is 8.17. The van der Waals surface area contributed by atoms with E-state index in [0.29, 0.717) is 33.6 Å². The van der Waals surface area contributed by atoms with Gasteiger partial charge in [0.25, 0.3) is 5.78 Å². The van der Waals surface area contributed by atoms with Gasteiger partial charge in [-0.25, -0.2) is 9.97 Å². The van der Waals surface area contributed by atoms with E-state index in [4.69, 9.17) is 23.2 Å². The van der Waals surface area contributed by atoms with Gasteiger partial charge < -0.3 is 9.80 Å². The van der Waals surface area contributed by atoms with E-state index in [1.54, 1.807) is 64.0 Å². The van der Waals surface area contributed by atoms with Crippen molar-refractivity contribution in [2.24, 2.45) is 0 Å². The van der Waals surface area contributed by atoms with Gasteiger partial charge >= 0.3 is 0 Å². The lowest BCUT2D eigenvalue weighted by molar-refractivity contribution is -0.140. The Balaban J connectivity index is 2.43. The molecule has 0 atom stereocenters. The summed E-state index contributed by atoms with van der Waals surface area (Å²) in [6.07, 6.45) is 5.29. The van der Waals surface area contributed by atoms with Crippen molar-refractivity contribution in [2.75, 3.05) is 28.2 Å². The summed E-state index contributed by atoms with van der Waals surface area (Å²) >= 11 is 12.2. The van der Waals surface area contributed by atoms with Gasteiger partial charge in [0.05, 0.1) is 0 Å². The zero-order chi connectivity index (χ0) is 24.2. The molecule has 0 amide bonds. The Morgan fingerprint density at radius 2 is 1.09 bits per heavy atom. The van der Waals surface area contributed by atoms with Crippen molar-refractivity contribution in [3.8, 4) is 0 Å². The van der Waals surface area contributed by atoms with E-state index in [1.165, 1.54) is 12.4 Å². The number of aromatic nitrogens is 2. The standard InChI is InChI=1S/C23H24Cl2N4O3/c1-13-15(7-9-26-22(13)24)17(28(3)4)11-19(30)21(32)20(31)12-18(29(5)6)16-8-10-27-23(25)14(16)2/h7-12H,1-6H3. The molecule has 0 aromatic carbocycles. The molecule has 0 radical (unpaired) electrons. The summed E-state index contributed by atoms with van der Waals surface area (Å²) < 4.78 is 0. The minimum absolute atomic E-state index is 0.287. The highest BCUT2D eigenvalue weighted by atomic mass is 35.5. The molecule has 2 aromatic rings. The van der Waals surface area contributed by atoms with Crippen LogP contribution in [0.3, 0.4) is 0 Å². The van der Waals surface area contributed by atoms with Gasteiger partial charge in [0.1, 0.15) is 10.3 Å². The van der Waals surface area contributed by atoms with E-state index < -0.39 is 17.3 Å². The number of rotatable bonds is 8. The number of hydrogen-bond donors (Lipinski definition) is 0. The third-order valence-electron chi connectivity index (χ3n) is 4.78. The average Bonchev–Trinajstić information content (AvgIpc) is 2.73. The Hall–Kier alpha value is -3.03. The van der Waals surface area contributed by atoms with Crippen LogP contribution in [-0.4, -0.2) is 65.3 Å². The third-order valence-corrected chi connectivity index (χ3v) is 5.55. The number of hydrogen-bond acceptors (Lipinski definition) is 7. The Morgan fingerprint density at radius 1 is 0.750 bits per heavy atom. The summed E-state index contributed by atoms with van der Waals surface area (Å²) in [5, 5.41) is 0.574. The molecule has 32 heavy (non-hydrogen) atoms. The van der Waals surface area contributed by atoms with Crippen LogP contribution in [0.25, 0.3) is 11.4 Å². The number of pyridine rings is 2. The van der Waals surface area contributed by atoms with E-state index in [-0.39, 0.29) is 10.3 Å². The monoisotopic (exact) mass is 474 g/mol. The summed E-state index contributed by atoms with van der Waals surface area (Å²) in [5.41, 5.74) is 3.45. The molecule has 0 saturated carbocycles. The SMILES string of the molecule is Cc1c(C(=CC(=O)C(=O)C(=O)C=C(c2ccnc(Cl)c2C)N(C)C)N(C)C)ccnc1Cl. The number of carbonyl (C=O) groups excluding carboxylic acids is 3. The highest BCUT2D eigenvalue weighted by molar-refractivity contribution is 6.68. The Bertz CT molecular complexity index is 1050. The van der Waals surface area contributed by atoms with E-state index in [2.05, 4.69) is 9.97 Å². The van der Waals surface area contributed by atoms with Crippen LogP contribution in [0.5, 0.6) is 0 Å². The van der Waals surface area contributed by atoms with Crippen LogP contribution in [-0.2, 0) is 14.4 Å². The second-order valence-electron chi connectivity index (χ2n) is 7.45. The maximum Gasteiger partial charge on any atom is 0.272 e. The maximum absolute atomic E-state index is 12.7. The molecule has 0 saturated heterocycles. The number of halogens is 2. The molecule has 2 aromatic heterocycles. The van der Waals surface area contributed by atoms with Gasteiger partial charge in [-0.15, -0.1) is 0 Å². The summed E-state index contributed by atoms with van der Waals surface area (Å²) in [5.74, 6) is -3.03. The number of Topliss-reactive ketones (excluding diaryl/α,β-unsaturated/α-hetero) is 1. The maximum atomic E-state index is 12.7. The molecule has 0 N–H and O–H groups in total. The molecular weight excluding hydrogens is 451 g/mol. The van der Waals surface area contributed by atoms with Gasteiger partial charge in [-0.05, 0) is 37.1 Å². The summed E-state index contributed by atoms with van der Waals surface area (Å²) in [6.45, 7) is 3.52. The summed E-state index contributed by atoms with van der Waals surface area (Å²) in [6, 6.07) is 3.37. The van der Waals surface area contributed by atoms with Crippen molar-refractivity contribution in [3.63, 3.8) is 0 Å². The Kier molecular flexibility index (Phi) is 8.30. The quantitative estimate of drug-likeness (QED) is 0.250. The van der Waals surface area contributed by atoms with Gasteiger partial charge in [0.2, 0.25) is 11.6 Å². The lowest BCUT2D eigenvalue weighted by atomic mass is 10.0. The molecule has 0 spiro atoms. The highest BCUT2D eigenvalue weighted by Gasteiger charge is 2.23. The van der Waals surface area contributed by atoms with Crippen LogP contribution in [0, 0.1) is 13.8 Å². The van der Waals surface area contributed by atoms with Gasteiger partial charge in [-0.3, -0.25) is 14.4 Å². The van der Waals surface area contributed by atoms with Crippen molar-refractivity contribution in [2.45, 2.75) is 13.8 Å². The van der Waals surface area contributed by atoms with E-state index >= 15 is 0 Å². The molecule has 0 aliphatic heterocycles. The lowest BCUT2D eigenvalue weighted by Crippen LogP contribution is -2.24. The molecule has 0 fully saturated rings. The normalized spacial score (nSPS) is 11.9. The first-order valence-corrected chi connectivity index (χ1v) is 10.3. The zero-order valence-corrected chi connectivity index (χ0v) is 20.2. The minimum Gasteiger partial charge on any atom is -0.377 e. The fourth-order valence-corrected chi connectivity index (χ4v) is 3.29. The first-order valence-electron chi connectivity index (χ1n) is 9.59. The average molecular weight is 475 g/mol. The van der Waals surface area contributed by atoms with Crippen molar-refractivity contribution in [3.05, 3.63) is 69.2 Å². The molecule has 0 unspecified atom stereocenters. The zero-order valence-electron chi connectivity index (χ0n) is 18.7. The van der Waals surface area contributed by atoms with Crippen molar-refractivity contribution in [1.29, 1.82) is 0 Å². The van der Waals surface area contributed by atoms with Crippen molar-refractivity contribution in [1.82, 2.24) is 19.8 Å². The molecular formula is C23H24Cl2N4O3. The van der Waals surface area contributed by atoms with Crippen LogP contribution < -0.4 is 0 Å².